The first-order valence-corrected chi connectivity index (χ1v) is 7.19. The summed E-state index contributed by atoms with van der Waals surface area (Å²) in [6.45, 7) is 0. The largest absolute Gasteiger partial charge is 0.379 e. The van der Waals surface area contributed by atoms with Crippen molar-refractivity contribution < 1.29 is 4.74 Å². The van der Waals surface area contributed by atoms with Crippen LogP contribution in [0.4, 0.5) is 0 Å². The van der Waals surface area contributed by atoms with Gasteiger partial charge < -0.3 is 9.72 Å². The van der Waals surface area contributed by atoms with Crippen molar-refractivity contribution in [2.75, 3.05) is 7.11 Å². The van der Waals surface area contributed by atoms with Crippen LogP contribution in [0.3, 0.4) is 0 Å². The van der Waals surface area contributed by atoms with Crippen molar-refractivity contribution >= 4 is 39.3 Å². The van der Waals surface area contributed by atoms with Crippen LogP contribution in [0.25, 0.3) is 11.2 Å². The predicted molar refractivity (Wildman–Crippen MR) is 76.3 cm³/mol. The van der Waals surface area contributed by atoms with Gasteiger partial charge in [0.25, 0.3) is 0 Å². The van der Waals surface area contributed by atoms with Gasteiger partial charge in [-0.1, -0.05) is 0 Å². The number of rotatable bonds is 2. The summed E-state index contributed by atoms with van der Waals surface area (Å²) in [5.74, 6) is 0. The van der Waals surface area contributed by atoms with E-state index in [4.69, 9.17) is 17.0 Å². The molecule has 2 aromatic heterocycles. The van der Waals surface area contributed by atoms with E-state index in [9.17, 15) is 0 Å². The van der Waals surface area contributed by atoms with Crippen LogP contribution in [0, 0.1) is 4.77 Å². The number of H-pyrrole nitrogens is 1. The van der Waals surface area contributed by atoms with Crippen LogP contribution < -0.4 is 0 Å². The van der Waals surface area contributed by atoms with Crippen molar-refractivity contribution in [3.05, 3.63) is 21.5 Å². The Kier molecular flexibility index (Phi) is 3.25. The molecule has 0 amide bonds. The number of aromatic amines is 1. The number of methoxy groups -OCH3 is 1. The summed E-state index contributed by atoms with van der Waals surface area (Å²) in [6, 6.07) is 2.30. The lowest BCUT2D eigenvalue weighted by molar-refractivity contribution is 0.0756. The number of ether oxygens (including phenoxy) is 1. The minimum atomic E-state index is 0.237. The lowest BCUT2D eigenvalue weighted by Crippen LogP contribution is -2.20. The summed E-state index contributed by atoms with van der Waals surface area (Å²) < 4.78 is 9.34. The Morgan fingerprint density at radius 2 is 2.39 bits per heavy atom. The summed E-state index contributed by atoms with van der Waals surface area (Å²) in [4.78, 5) is 7.70. The van der Waals surface area contributed by atoms with Crippen LogP contribution in [-0.2, 0) is 4.74 Å². The van der Waals surface area contributed by atoms with Gasteiger partial charge >= 0.3 is 0 Å². The molecule has 1 saturated carbocycles. The zero-order valence-corrected chi connectivity index (χ0v) is 12.4. The van der Waals surface area contributed by atoms with Gasteiger partial charge in [-0.25, -0.2) is 4.98 Å². The van der Waals surface area contributed by atoms with E-state index in [0.717, 1.165) is 33.2 Å². The van der Waals surface area contributed by atoms with Crippen LogP contribution in [0.1, 0.15) is 25.3 Å². The minimum Gasteiger partial charge on any atom is -0.379 e. The first-order chi connectivity index (χ1) is 8.70. The molecule has 1 aliphatic rings. The molecule has 3 rings (SSSR count). The number of aromatic nitrogens is 3. The van der Waals surface area contributed by atoms with Gasteiger partial charge in [0.05, 0.1) is 17.7 Å². The maximum atomic E-state index is 5.56. The van der Waals surface area contributed by atoms with Crippen molar-refractivity contribution in [3.8, 4) is 0 Å². The molecule has 6 heteroatoms. The van der Waals surface area contributed by atoms with Gasteiger partial charge in [0, 0.05) is 17.8 Å². The van der Waals surface area contributed by atoms with Crippen molar-refractivity contribution in [1.29, 1.82) is 0 Å². The Morgan fingerprint density at radius 3 is 3.17 bits per heavy atom. The summed E-state index contributed by atoms with van der Waals surface area (Å²) in [6.07, 6.45) is 5.40. The molecule has 4 nitrogen and oxygen atoms in total. The molecule has 1 fully saturated rings. The lowest BCUT2D eigenvalue weighted by Gasteiger charge is -2.19. The first kappa shape index (κ1) is 12.3. The quantitative estimate of drug-likeness (QED) is 0.857. The second kappa shape index (κ2) is 4.75. The van der Waals surface area contributed by atoms with Gasteiger partial charge in [0.15, 0.2) is 10.4 Å². The molecule has 0 saturated heterocycles. The first-order valence-electron chi connectivity index (χ1n) is 5.99. The molecule has 2 unspecified atom stereocenters. The minimum absolute atomic E-state index is 0.237. The van der Waals surface area contributed by atoms with Crippen LogP contribution >= 0.6 is 28.1 Å². The van der Waals surface area contributed by atoms with E-state index < -0.39 is 0 Å². The smallest absolute Gasteiger partial charge is 0.179 e. The maximum Gasteiger partial charge on any atom is 0.179 e. The molecule has 0 aliphatic heterocycles. The predicted octanol–water partition coefficient (Wildman–Crippen LogP) is 3.60. The highest BCUT2D eigenvalue weighted by Gasteiger charge is 2.30. The van der Waals surface area contributed by atoms with Gasteiger partial charge in [-0.15, -0.1) is 0 Å². The Morgan fingerprint density at radius 1 is 1.56 bits per heavy atom. The molecule has 0 radical (unpaired) electrons. The Balaban J connectivity index is 2.16. The molecule has 2 aromatic rings. The molecule has 0 bridgehead atoms. The van der Waals surface area contributed by atoms with E-state index in [1.54, 1.807) is 13.3 Å². The van der Waals surface area contributed by atoms with E-state index in [1.807, 2.05) is 6.07 Å². The zero-order valence-electron chi connectivity index (χ0n) is 10.0. The van der Waals surface area contributed by atoms with E-state index >= 15 is 0 Å². The lowest BCUT2D eigenvalue weighted by atomic mass is 10.2. The second-order valence-corrected chi connectivity index (χ2v) is 5.90. The monoisotopic (exact) mass is 327 g/mol. The number of hydrogen-bond acceptors (Lipinski definition) is 3. The molecular weight excluding hydrogens is 314 g/mol. The average Bonchev–Trinajstić information content (AvgIpc) is 2.90. The number of hydrogen-bond donors (Lipinski definition) is 1. The van der Waals surface area contributed by atoms with Crippen molar-refractivity contribution in [2.45, 2.75) is 31.4 Å². The molecular formula is C12H14BrN3OS. The standard InChI is InChI=1S/C12H14BrN3OS/c1-17-10-4-2-3-9(10)16-11-8(15-12(16)18)5-7(13)6-14-11/h5-6,9-10H,2-4H2,1H3,(H,15,18). The fraction of sp³-hybridized carbons (Fsp3) is 0.500. The number of nitrogens with zero attached hydrogens (tertiary/aromatic N) is 2. The second-order valence-electron chi connectivity index (χ2n) is 4.60. The third-order valence-electron chi connectivity index (χ3n) is 3.57. The van der Waals surface area contributed by atoms with Gasteiger partial charge in [0.1, 0.15) is 0 Å². The van der Waals surface area contributed by atoms with Crippen LogP contribution in [0.5, 0.6) is 0 Å². The Labute approximate surface area is 118 Å². The topological polar surface area (TPSA) is 42.8 Å². The molecule has 2 heterocycles. The molecule has 2 atom stereocenters. The van der Waals surface area contributed by atoms with Gasteiger partial charge in [0.2, 0.25) is 0 Å². The number of imidazole rings is 1. The van der Waals surface area contributed by atoms with E-state index in [-0.39, 0.29) is 6.10 Å². The van der Waals surface area contributed by atoms with E-state index in [0.29, 0.717) is 6.04 Å². The highest BCUT2D eigenvalue weighted by Crippen LogP contribution is 2.34. The van der Waals surface area contributed by atoms with Crippen LogP contribution in [-0.4, -0.2) is 27.7 Å². The van der Waals surface area contributed by atoms with E-state index in [1.165, 1.54) is 6.42 Å². The normalized spacial score (nSPS) is 23.9. The third-order valence-corrected chi connectivity index (χ3v) is 4.31. The highest BCUT2D eigenvalue weighted by atomic mass is 79.9. The SMILES string of the molecule is COC1CCCC1n1c(=S)[nH]c2cc(Br)cnc21. The molecule has 1 N–H and O–H groups in total. The van der Waals surface area contributed by atoms with Crippen LogP contribution in [0.15, 0.2) is 16.7 Å². The fourth-order valence-corrected chi connectivity index (χ4v) is 3.44. The Hall–Kier alpha value is -0.720. The molecule has 1 aliphatic carbocycles. The summed E-state index contributed by atoms with van der Waals surface area (Å²) in [7, 11) is 1.77. The molecule has 96 valence electrons. The van der Waals surface area contributed by atoms with Crippen molar-refractivity contribution in [3.63, 3.8) is 0 Å². The van der Waals surface area contributed by atoms with Gasteiger partial charge in [-0.3, -0.25) is 4.57 Å². The summed E-state index contributed by atoms with van der Waals surface area (Å²) in [5.41, 5.74) is 1.88. The van der Waals surface area contributed by atoms with Crippen LogP contribution in [0.2, 0.25) is 0 Å². The van der Waals surface area contributed by atoms with Gasteiger partial charge in [-0.05, 0) is 53.5 Å². The fourth-order valence-electron chi connectivity index (χ4n) is 2.77. The Bertz CT molecular complexity index is 636. The molecule has 0 aromatic carbocycles. The maximum absolute atomic E-state index is 5.56. The molecule has 18 heavy (non-hydrogen) atoms. The molecule has 0 spiro atoms. The zero-order chi connectivity index (χ0) is 12.7. The number of fused-ring (bicyclic) bond motifs is 1. The average molecular weight is 328 g/mol. The number of nitrogens with one attached hydrogen (secondary N) is 1. The van der Waals surface area contributed by atoms with Crippen molar-refractivity contribution in [2.24, 2.45) is 0 Å². The number of halogens is 1. The van der Waals surface area contributed by atoms with Gasteiger partial charge in [-0.2, -0.15) is 0 Å². The summed E-state index contributed by atoms with van der Waals surface area (Å²) in [5, 5.41) is 0. The van der Waals surface area contributed by atoms with E-state index in [2.05, 4.69) is 30.5 Å². The highest BCUT2D eigenvalue weighted by molar-refractivity contribution is 9.10. The van der Waals surface area contributed by atoms with Crippen molar-refractivity contribution in [1.82, 2.24) is 14.5 Å². The third kappa shape index (κ3) is 1.92. The number of pyridine rings is 1. The summed E-state index contributed by atoms with van der Waals surface area (Å²) >= 11 is 8.86.